The molecule has 1 aliphatic rings. The SMILES string of the molecule is CC(C)(C)OC(=O)N1CC(n2cc(-c3cnc(N)c(-c4nc5ccccc5o4)c3)cn2)CC1C(=O)O. The Labute approximate surface area is 206 Å². The molecule has 4 heterocycles. The summed E-state index contributed by atoms with van der Waals surface area (Å²) in [6, 6.07) is 7.93. The predicted molar refractivity (Wildman–Crippen MR) is 131 cm³/mol. The Morgan fingerprint density at radius 3 is 2.69 bits per heavy atom. The van der Waals surface area contributed by atoms with E-state index in [0.717, 1.165) is 11.1 Å². The molecule has 0 bridgehead atoms. The van der Waals surface area contributed by atoms with Crippen LogP contribution in [0, 0.1) is 0 Å². The molecule has 3 aromatic heterocycles. The third kappa shape index (κ3) is 4.47. The first-order valence-electron chi connectivity index (χ1n) is 11.5. The van der Waals surface area contributed by atoms with Crippen molar-refractivity contribution in [2.24, 2.45) is 0 Å². The summed E-state index contributed by atoms with van der Waals surface area (Å²) in [5.41, 5.74) is 8.80. The van der Waals surface area contributed by atoms with Crippen molar-refractivity contribution in [1.29, 1.82) is 0 Å². The Kier molecular flexibility index (Phi) is 5.62. The monoisotopic (exact) mass is 490 g/mol. The molecule has 2 atom stereocenters. The molecule has 11 heteroatoms. The molecule has 11 nitrogen and oxygen atoms in total. The van der Waals surface area contributed by atoms with E-state index in [1.54, 1.807) is 44.0 Å². The Morgan fingerprint density at radius 2 is 1.97 bits per heavy atom. The van der Waals surface area contributed by atoms with Crippen molar-refractivity contribution < 1.29 is 23.8 Å². The molecule has 1 fully saturated rings. The minimum absolute atomic E-state index is 0.168. The number of aliphatic carboxylic acids is 1. The number of ether oxygens (including phenoxy) is 1. The number of oxazole rings is 1. The van der Waals surface area contributed by atoms with Crippen molar-refractivity contribution in [3.05, 3.63) is 48.9 Å². The molecule has 1 amide bonds. The number of hydrogen-bond donors (Lipinski definition) is 2. The minimum atomic E-state index is -1.08. The number of para-hydroxylation sites is 2. The standard InChI is InChI=1S/C25H26N6O5/c1-25(2,3)36-24(34)30-13-16(9-19(30)23(32)33)31-12-15(11-28-31)14-8-17(21(26)27-10-14)22-29-18-6-4-5-7-20(18)35-22/h4-8,10-12,16,19H,9,13H2,1-3H3,(H2,26,27)(H,32,33). The number of carbonyl (C=O) groups excluding carboxylic acids is 1. The van der Waals surface area contributed by atoms with Gasteiger partial charge in [-0.3, -0.25) is 9.58 Å². The van der Waals surface area contributed by atoms with Crippen LogP contribution >= 0.6 is 0 Å². The highest BCUT2D eigenvalue weighted by Crippen LogP contribution is 2.33. The first-order valence-corrected chi connectivity index (χ1v) is 11.5. The zero-order valence-corrected chi connectivity index (χ0v) is 20.1. The second kappa shape index (κ2) is 8.67. The molecule has 0 saturated carbocycles. The smallest absolute Gasteiger partial charge is 0.411 e. The van der Waals surface area contributed by atoms with Crippen LogP contribution in [0.25, 0.3) is 33.7 Å². The third-order valence-corrected chi connectivity index (χ3v) is 5.94. The number of carboxylic acids is 1. The van der Waals surface area contributed by atoms with Gasteiger partial charge in [0.25, 0.3) is 0 Å². The molecule has 1 aliphatic heterocycles. The number of hydrogen-bond acceptors (Lipinski definition) is 8. The fourth-order valence-electron chi connectivity index (χ4n) is 4.24. The van der Waals surface area contributed by atoms with Crippen molar-refractivity contribution in [3.63, 3.8) is 0 Å². The van der Waals surface area contributed by atoms with Crippen molar-refractivity contribution in [2.75, 3.05) is 12.3 Å². The van der Waals surface area contributed by atoms with E-state index in [9.17, 15) is 14.7 Å². The Balaban J connectivity index is 1.40. The normalized spacial score (nSPS) is 18.0. The maximum absolute atomic E-state index is 12.6. The van der Waals surface area contributed by atoms with Crippen molar-refractivity contribution in [3.8, 4) is 22.6 Å². The number of fused-ring (bicyclic) bond motifs is 1. The number of aromatic nitrogens is 4. The predicted octanol–water partition coefficient (Wildman–Crippen LogP) is 3.97. The number of nitrogens with zero attached hydrogens (tertiary/aromatic N) is 5. The summed E-state index contributed by atoms with van der Waals surface area (Å²) in [4.78, 5) is 34.5. The maximum Gasteiger partial charge on any atom is 0.411 e. The molecule has 0 aliphatic carbocycles. The molecule has 2 unspecified atom stereocenters. The zero-order valence-electron chi connectivity index (χ0n) is 20.1. The van der Waals surface area contributed by atoms with Crippen LogP contribution in [0.5, 0.6) is 0 Å². The second-order valence-corrected chi connectivity index (χ2v) is 9.73. The summed E-state index contributed by atoms with van der Waals surface area (Å²) >= 11 is 0. The van der Waals surface area contributed by atoms with E-state index in [4.69, 9.17) is 14.9 Å². The number of pyridine rings is 1. The summed E-state index contributed by atoms with van der Waals surface area (Å²) in [7, 11) is 0. The molecule has 0 radical (unpaired) electrons. The highest BCUT2D eigenvalue weighted by atomic mass is 16.6. The van der Waals surface area contributed by atoms with Gasteiger partial charge < -0.3 is 20.0 Å². The number of anilines is 1. The Hall–Kier alpha value is -4.41. The van der Waals surface area contributed by atoms with Gasteiger partial charge in [0.15, 0.2) is 5.58 Å². The summed E-state index contributed by atoms with van der Waals surface area (Å²) in [5, 5.41) is 14.1. The summed E-state index contributed by atoms with van der Waals surface area (Å²) < 4.78 is 12.9. The van der Waals surface area contributed by atoms with Gasteiger partial charge in [0.1, 0.15) is 23.0 Å². The van der Waals surface area contributed by atoms with Gasteiger partial charge in [0, 0.05) is 36.5 Å². The van der Waals surface area contributed by atoms with Crippen LogP contribution in [-0.4, -0.2) is 60.0 Å². The van der Waals surface area contributed by atoms with E-state index in [0.29, 0.717) is 22.6 Å². The van der Waals surface area contributed by atoms with Crippen LogP contribution in [0.3, 0.4) is 0 Å². The van der Waals surface area contributed by atoms with Gasteiger partial charge in [-0.2, -0.15) is 5.10 Å². The first kappa shape index (κ1) is 23.3. The van der Waals surface area contributed by atoms with Crippen LogP contribution in [0.4, 0.5) is 10.6 Å². The van der Waals surface area contributed by atoms with E-state index in [1.165, 1.54) is 4.90 Å². The van der Waals surface area contributed by atoms with Gasteiger partial charge in [-0.25, -0.2) is 19.6 Å². The fraction of sp³-hybridized carbons (Fsp3) is 0.320. The summed E-state index contributed by atoms with van der Waals surface area (Å²) in [6.07, 6.45) is 4.64. The molecule has 1 saturated heterocycles. The Morgan fingerprint density at radius 1 is 1.19 bits per heavy atom. The van der Waals surface area contributed by atoms with Gasteiger partial charge >= 0.3 is 12.1 Å². The number of rotatable bonds is 4. The van der Waals surface area contributed by atoms with Crippen molar-refractivity contribution >= 4 is 29.0 Å². The summed E-state index contributed by atoms with van der Waals surface area (Å²) in [6.45, 7) is 5.39. The van der Waals surface area contributed by atoms with Gasteiger partial charge in [-0.15, -0.1) is 0 Å². The largest absolute Gasteiger partial charge is 0.480 e. The number of nitrogen functional groups attached to an aromatic ring is 1. The van der Waals surface area contributed by atoms with E-state index in [2.05, 4.69) is 15.1 Å². The average molecular weight is 491 g/mol. The number of carbonyl (C=O) groups is 2. The average Bonchev–Trinajstić information content (AvgIpc) is 3.55. The summed E-state index contributed by atoms with van der Waals surface area (Å²) in [5.74, 6) is -0.434. The highest BCUT2D eigenvalue weighted by molar-refractivity contribution is 5.82. The number of amides is 1. The molecule has 4 aromatic rings. The first-order chi connectivity index (χ1) is 17.1. The number of benzene rings is 1. The lowest BCUT2D eigenvalue weighted by molar-refractivity contribution is -0.142. The van der Waals surface area contributed by atoms with E-state index >= 15 is 0 Å². The number of likely N-dealkylation sites (tertiary alicyclic amines) is 1. The highest BCUT2D eigenvalue weighted by Gasteiger charge is 2.42. The Bertz CT molecular complexity index is 1420. The zero-order chi connectivity index (χ0) is 25.6. The van der Waals surface area contributed by atoms with Crippen molar-refractivity contribution in [2.45, 2.75) is 44.9 Å². The maximum atomic E-state index is 12.6. The minimum Gasteiger partial charge on any atom is -0.480 e. The molecular weight excluding hydrogens is 464 g/mol. The molecule has 186 valence electrons. The lowest BCUT2D eigenvalue weighted by atomic mass is 10.1. The third-order valence-electron chi connectivity index (χ3n) is 5.94. The van der Waals surface area contributed by atoms with Crippen LogP contribution in [0.2, 0.25) is 0 Å². The number of carboxylic acid groups (broad SMARTS) is 1. The molecule has 5 rings (SSSR count). The van der Waals surface area contributed by atoms with Gasteiger partial charge in [-0.1, -0.05) is 12.1 Å². The molecule has 1 aromatic carbocycles. The number of nitrogens with two attached hydrogens (primary N) is 1. The van der Waals surface area contributed by atoms with Crippen LogP contribution in [0.15, 0.2) is 53.3 Å². The van der Waals surface area contributed by atoms with E-state index in [1.807, 2.05) is 30.3 Å². The lowest BCUT2D eigenvalue weighted by Crippen LogP contribution is -2.43. The van der Waals surface area contributed by atoms with E-state index < -0.39 is 23.7 Å². The molecule has 36 heavy (non-hydrogen) atoms. The van der Waals surface area contributed by atoms with Gasteiger partial charge in [0.2, 0.25) is 5.89 Å². The fourth-order valence-corrected chi connectivity index (χ4v) is 4.24. The van der Waals surface area contributed by atoms with E-state index in [-0.39, 0.29) is 24.8 Å². The van der Waals surface area contributed by atoms with Crippen LogP contribution < -0.4 is 5.73 Å². The second-order valence-electron chi connectivity index (χ2n) is 9.73. The molecule has 0 spiro atoms. The lowest BCUT2D eigenvalue weighted by Gasteiger charge is -2.26. The van der Waals surface area contributed by atoms with Crippen LogP contribution in [0.1, 0.15) is 33.2 Å². The molecule has 3 N–H and O–H groups in total. The topological polar surface area (TPSA) is 150 Å². The quantitative estimate of drug-likeness (QED) is 0.433. The van der Waals surface area contributed by atoms with Crippen LogP contribution in [-0.2, 0) is 9.53 Å². The van der Waals surface area contributed by atoms with Gasteiger partial charge in [-0.05, 0) is 39.0 Å². The molecular formula is C25H26N6O5. The van der Waals surface area contributed by atoms with Crippen molar-refractivity contribution in [1.82, 2.24) is 24.6 Å². The van der Waals surface area contributed by atoms with Gasteiger partial charge in [0.05, 0.1) is 17.8 Å².